The van der Waals surface area contributed by atoms with Crippen LogP contribution >= 0.6 is 31.9 Å². The molecule has 2 nitrogen and oxygen atoms in total. The molecule has 6 aromatic rings. The van der Waals surface area contributed by atoms with Gasteiger partial charge in [0.05, 0.1) is 5.52 Å². The minimum absolute atomic E-state index is 1.06. The highest BCUT2D eigenvalue weighted by Crippen LogP contribution is 2.42. The van der Waals surface area contributed by atoms with E-state index in [1.807, 2.05) is 0 Å². The number of H-pyrrole nitrogens is 2. The van der Waals surface area contributed by atoms with Crippen molar-refractivity contribution in [1.82, 2.24) is 9.97 Å². The van der Waals surface area contributed by atoms with Gasteiger partial charge in [-0.05, 0) is 83.6 Å². The lowest BCUT2D eigenvalue weighted by Crippen LogP contribution is -2.04. The van der Waals surface area contributed by atoms with E-state index in [0.29, 0.717) is 0 Å². The van der Waals surface area contributed by atoms with Crippen LogP contribution in [0.5, 0.6) is 0 Å². The Balaban J connectivity index is 1.52. The molecule has 0 unspecified atom stereocenters. The van der Waals surface area contributed by atoms with Gasteiger partial charge in [-0.25, -0.2) is 0 Å². The topological polar surface area (TPSA) is 31.6 Å². The maximum Gasteiger partial charge on any atom is 0.0503 e. The fraction of sp³-hybridized carbons (Fsp3) is 0.0769. The van der Waals surface area contributed by atoms with Crippen LogP contribution in [0.25, 0.3) is 54.7 Å². The number of aromatic nitrogens is 2. The molecule has 0 saturated heterocycles. The first kappa shape index (κ1) is 17.2. The number of benzene rings is 4. The van der Waals surface area contributed by atoms with Gasteiger partial charge in [0.2, 0.25) is 0 Å². The van der Waals surface area contributed by atoms with E-state index in [4.69, 9.17) is 0 Å². The van der Waals surface area contributed by atoms with Gasteiger partial charge in [-0.15, -0.1) is 0 Å². The van der Waals surface area contributed by atoms with E-state index < -0.39 is 0 Å². The molecule has 2 N–H and O–H groups in total. The van der Waals surface area contributed by atoms with Crippen molar-refractivity contribution >= 4 is 75.5 Å². The zero-order valence-electron chi connectivity index (χ0n) is 15.9. The highest BCUT2D eigenvalue weighted by molar-refractivity contribution is 9.10. The second-order valence-corrected chi connectivity index (χ2v) is 10.0. The summed E-state index contributed by atoms with van der Waals surface area (Å²) in [5.41, 5.74) is 10.5. The fourth-order valence-electron chi connectivity index (χ4n) is 5.19. The normalized spacial score (nSPS) is 13.4. The van der Waals surface area contributed by atoms with Crippen LogP contribution in [0.3, 0.4) is 0 Å². The minimum atomic E-state index is 1.06. The van der Waals surface area contributed by atoms with Crippen LogP contribution in [0.4, 0.5) is 0 Å². The number of fused-ring (bicyclic) bond motifs is 10. The third kappa shape index (κ3) is 2.29. The first-order valence-electron chi connectivity index (χ1n) is 10.1. The highest BCUT2D eigenvalue weighted by atomic mass is 79.9. The van der Waals surface area contributed by atoms with E-state index in [1.54, 1.807) is 0 Å². The van der Waals surface area contributed by atoms with E-state index >= 15 is 0 Å². The Morgan fingerprint density at radius 3 is 2.07 bits per heavy atom. The lowest BCUT2D eigenvalue weighted by molar-refractivity contribution is 0.951. The van der Waals surface area contributed by atoms with Gasteiger partial charge in [0.15, 0.2) is 0 Å². The van der Waals surface area contributed by atoms with Crippen molar-refractivity contribution in [2.75, 3.05) is 0 Å². The summed E-state index contributed by atoms with van der Waals surface area (Å²) in [6.07, 6.45) is 2.13. The van der Waals surface area contributed by atoms with E-state index in [9.17, 15) is 0 Å². The molecule has 2 aromatic heterocycles. The number of hydrogen-bond acceptors (Lipinski definition) is 0. The third-order valence-corrected chi connectivity index (χ3v) is 7.55. The zero-order chi connectivity index (χ0) is 20.0. The summed E-state index contributed by atoms with van der Waals surface area (Å²) in [5, 5.41) is 5.18. The van der Waals surface area contributed by atoms with E-state index in [1.165, 1.54) is 65.9 Å². The molecule has 0 atom stereocenters. The molecule has 7 rings (SSSR count). The fourth-order valence-corrected chi connectivity index (χ4v) is 5.91. The maximum atomic E-state index is 3.70. The molecule has 0 fully saturated rings. The Bertz CT molecular complexity index is 1660. The number of rotatable bonds is 0. The molecule has 30 heavy (non-hydrogen) atoms. The lowest BCUT2D eigenvalue weighted by Gasteiger charge is -2.21. The molecule has 0 spiro atoms. The number of hydrogen-bond donors (Lipinski definition) is 2. The van der Waals surface area contributed by atoms with Gasteiger partial charge in [0, 0.05) is 47.0 Å². The molecule has 144 valence electrons. The summed E-state index contributed by atoms with van der Waals surface area (Å²) < 4.78 is 2.23. The number of aryl methyl sites for hydroxylation is 2. The number of halogens is 2. The van der Waals surface area contributed by atoms with E-state index in [-0.39, 0.29) is 0 Å². The molecule has 1 aliphatic rings. The van der Waals surface area contributed by atoms with Crippen molar-refractivity contribution in [1.29, 1.82) is 0 Å². The summed E-state index contributed by atoms with van der Waals surface area (Å²) in [6, 6.07) is 22.3. The van der Waals surface area contributed by atoms with Crippen LogP contribution in [0, 0.1) is 0 Å². The molecule has 1 aliphatic carbocycles. The van der Waals surface area contributed by atoms with Crippen molar-refractivity contribution in [2.45, 2.75) is 12.8 Å². The summed E-state index contributed by atoms with van der Waals surface area (Å²) in [6.45, 7) is 0. The van der Waals surface area contributed by atoms with Crippen molar-refractivity contribution in [3.05, 3.63) is 80.7 Å². The summed E-state index contributed by atoms with van der Waals surface area (Å²) >= 11 is 7.24. The smallest absolute Gasteiger partial charge is 0.0503 e. The SMILES string of the molecule is Brc1ccc2[nH]c3cc4c(cc3c2c1)CCc1c-4ccc2c1[nH]c1ccc(Br)cc12. The standard InChI is InChI=1S/C26H16Br2N2/c27-14-3-8-24-21(10-14)18-6-5-16-17(26(18)30-24)4-1-13-9-20-22-11-15(28)2-7-23(22)29-25(20)12-19(13)16/h2-3,5-12,29-30H,1,4H2. The zero-order valence-corrected chi connectivity index (χ0v) is 19.1. The van der Waals surface area contributed by atoms with Crippen LogP contribution in [0.1, 0.15) is 11.1 Å². The maximum absolute atomic E-state index is 3.70. The molecule has 0 radical (unpaired) electrons. The quantitative estimate of drug-likeness (QED) is 0.204. The average Bonchev–Trinajstić information content (AvgIpc) is 3.29. The molecule has 2 heterocycles. The van der Waals surface area contributed by atoms with Crippen molar-refractivity contribution in [3.63, 3.8) is 0 Å². The Labute approximate surface area is 189 Å². The minimum Gasteiger partial charge on any atom is -0.354 e. The number of aromatic amines is 2. The Kier molecular flexibility index (Phi) is 3.43. The van der Waals surface area contributed by atoms with Crippen LogP contribution < -0.4 is 0 Å². The van der Waals surface area contributed by atoms with Crippen molar-refractivity contribution in [2.24, 2.45) is 0 Å². The predicted octanol–water partition coefficient (Wildman–Crippen LogP) is 8.25. The highest BCUT2D eigenvalue weighted by Gasteiger charge is 2.21. The average molecular weight is 516 g/mol. The summed E-state index contributed by atoms with van der Waals surface area (Å²) in [5.74, 6) is 0. The Morgan fingerprint density at radius 1 is 0.567 bits per heavy atom. The van der Waals surface area contributed by atoms with Gasteiger partial charge in [-0.1, -0.05) is 44.0 Å². The molecule has 4 heteroatoms. The predicted molar refractivity (Wildman–Crippen MR) is 133 cm³/mol. The summed E-state index contributed by atoms with van der Waals surface area (Å²) in [7, 11) is 0. The third-order valence-electron chi connectivity index (χ3n) is 6.56. The van der Waals surface area contributed by atoms with Crippen LogP contribution in [0.2, 0.25) is 0 Å². The molecule has 4 aromatic carbocycles. The van der Waals surface area contributed by atoms with Gasteiger partial charge >= 0.3 is 0 Å². The second-order valence-electron chi connectivity index (χ2n) is 8.20. The second kappa shape index (κ2) is 5.99. The van der Waals surface area contributed by atoms with Crippen molar-refractivity contribution < 1.29 is 0 Å². The van der Waals surface area contributed by atoms with Gasteiger partial charge in [0.25, 0.3) is 0 Å². The molecular weight excluding hydrogens is 500 g/mol. The number of nitrogens with one attached hydrogen (secondary N) is 2. The molecule has 0 amide bonds. The van der Waals surface area contributed by atoms with Crippen LogP contribution in [-0.2, 0) is 12.8 Å². The van der Waals surface area contributed by atoms with E-state index in [0.717, 1.165) is 21.8 Å². The van der Waals surface area contributed by atoms with Gasteiger partial charge < -0.3 is 9.97 Å². The van der Waals surface area contributed by atoms with E-state index in [2.05, 4.69) is 102 Å². The monoisotopic (exact) mass is 514 g/mol. The first-order chi connectivity index (χ1) is 14.7. The molecular formula is C26H16Br2N2. The molecule has 0 aliphatic heterocycles. The van der Waals surface area contributed by atoms with Gasteiger partial charge in [-0.3, -0.25) is 0 Å². The lowest BCUT2D eigenvalue weighted by atomic mass is 9.83. The largest absolute Gasteiger partial charge is 0.354 e. The van der Waals surface area contributed by atoms with Crippen molar-refractivity contribution in [3.8, 4) is 11.1 Å². The van der Waals surface area contributed by atoms with Crippen LogP contribution in [0.15, 0.2) is 69.6 Å². The Morgan fingerprint density at radius 2 is 1.27 bits per heavy atom. The molecule has 0 bridgehead atoms. The van der Waals surface area contributed by atoms with Gasteiger partial charge in [-0.2, -0.15) is 0 Å². The first-order valence-corrected chi connectivity index (χ1v) is 11.7. The van der Waals surface area contributed by atoms with Crippen LogP contribution in [-0.4, -0.2) is 9.97 Å². The summed E-state index contributed by atoms with van der Waals surface area (Å²) in [4.78, 5) is 7.31. The molecule has 0 saturated carbocycles. The Hall–Kier alpha value is -2.56. The van der Waals surface area contributed by atoms with Gasteiger partial charge in [0.1, 0.15) is 0 Å².